The number of hydrogen-bond acceptors (Lipinski definition) is 5. The zero-order chi connectivity index (χ0) is 15.7. The van der Waals surface area contributed by atoms with Gasteiger partial charge in [0.1, 0.15) is 11.3 Å². The van der Waals surface area contributed by atoms with Crippen LogP contribution in [-0.2, 0) is 17.8 Å². The first-order valence-electron chi connectivity index (χ1n) is 7.61. The molecule has 3 rings (SSSR count). The molecule has 3 heterocycles. The fourth-order valence-electron chi connectivity index (χ4n) is 2.52. The Morgan fingerprint density at radius 1 is 1.50 bits per heavy atom. The molecule has 0 aromatic carbocycles. The van der Waals surface area contributed by atoms with E-state index in [4.69, 9.17) is 9.47 Å². The molecule has 0 bridgehead atoms. The highest BCUT2D eigenvalue weighted by Crippen LogP contribution is 2.34. The smallest absolute Gasteiger partial charge is 0.345 e. The van der Waals surface area contributed by atoms with Crippen LogP contribution in [-0.4, -0.2) is 38.2 Å². The number of carbonyl (C=O) groups excluding carboxylic acids is 1. The van der Waals surface area contributed by atoms with Crippen LogP contribution in [0.3, 0.4) is 0 Å². The van der Waals surface area contributed by atoms with Gasteiger partial charge in [-0.1, -0.05) is 0 Å². The lowest BCUT2D eigenvalue weighted by Gasteiger charge is -2.21. The summed E-state index contributed by atoms with van der Waals surface area (Å²) in [6.45, 7) is 7.58. The van der Waals surface area contributed by atoms with Crippen molar-refractivity contribution in [1.82, 2.24) is 19.6 Å². The molecule has 7 heteroatoms. The third kappa shape index (κ3) is 2.47. The first-order valence-corrected chi connectivity index (χ1v) is 7.61. The topological polar surface area (TPSA) is 71.2 Å². The zero-order valence-corrected chi connectivity index (χ0v) is 13.1. The van der Waals surface area contributed by atoms with Crippen LogP contribution >= 0.6 is 0 Å². The van der Waals surface area contributed by atoms with Gasteiger partial charge in [-0.2, -0.15) is 10.2 Å². The lowest BCUT2D eigenvalue weighted by Crippen LogP contribution is -2.24. The molecule has 2 aromatic heterocycles. The number of hydrogen-bond donors (Lipinski definition) is 0. The van der Waals surface area contributed by atoms with Gasteiger partial charge in [0.15, 0.2) is 0 Å². The molecule has 0 radical (unpaired) electrons. The van der Waals surface area contributed by atoms with E-state index in [1.807, 2.05) is 20.0 Å². The Labute approximate surface area is 128 Å². The Kier molecular flexibility index (Phi) is 3.87. The van der Waals surface area contributed by atoms with Crippen molar-refractivity contribution in [3.63, 3.8) is 0 Å². The number of fused-ring (bicyclic) bond motifs is 1. The number of rotatable bonds is 4. The summed E-state index contributed by atoms with van der Waals surface area (Å²) < 4.78 is 14.6. The third-order valence-electron chi connectivity index (χ3n) is 3.68. The van der Waals surface area contributed by atoms with Gasteiger partial charge in [0.05, 0.1) is 18.9 Å². The van der Waals surface area contributed by atoms with Gasteiger partial charge in [-0.05, 0) is 20.8 Å². The molecule has 0 N–H and O–H groups in total. The van der Waals surface area contributed by atoms with Crippen molar-refractivity contribution >= 4 is 5.97 Å². The monoisotopic (exact) mass is 304 g/mol. The van der Waals surface area contributed by atoms with E-state index in [9.17, 15) is 4.79 Å². The molecule has 0 saturated carbocycles. The molecule has 0 amide bonds. The van der Waals surface area contributed by atoms with E-state index in [-0.39, 0.29) is 6.10 Å². The van der Waals surface area contributed by atoms with Gasteiger partial charge in [-0.25, -0.2) is 9.48 Å². The second-order valence-corrected chi connectivity index (χ2v) is 5.27. The average Bonchev–Trinajstić information content (AvgIpc) is 3.10. The van der Waals surface area contributed by atoms with E-state index in [2.05, 4.69) is 10.2 Å². The molecule has 0 unspecified atom stereocenters. The molecular formula is C15H20N4O3. The van der Waals surface area contributed by atoms with Crippen LogP contribution in [0.15, 0.2) is 12.4 Å². The van der Waals surface area contributed by atoms with Gasteiger partial charge in [0.2, 0.25) is 5.88 Å². The molecule has 0 aliphatic carbocycles. The van der Waals surface area contributed by atoms with Crippen molar-refractivity contribution in [1.29, 1.82) is 0 Å². The number of nitrogens with zero attached hydrogens (tertiary/aromatic N) is 4. The highest BCUT2D eigenvalue weighted by atomic mass is 16.5. The highest BCUT2D eigenvalue weighted by molar-refractivity contribution is 5.98. The molecule has 22 heavy (non-hydrogen) atoms. The van der Waals surface area contributed by atoms with E-state index < -0.39 is 5.97 Å². The number of esters is 1. The van der Waals surface area contributed by atoms with E-state index >= 15 is 0 Å². The average molecular weight is 304 g/mol. The van der Waals surface area contributed by atoms with Gasteiger partial charge < -0.3 is 9.47 Å². The van der Waals surface area contributed by atoms with Crippen LogP contribution < -0.4 is 4.74 Å². The maximum absolute atomic E-state index is 12.4. The SMILES string of the molecule is CCOC(=O)c1c(-c2cnn(CC)c2)nn2c1O[C@@H](C)CC2. The fraction of sp³-hybridized carbons (Fsp3) is 0.533. The summed E-state index contributed by atoms with van der Waals surface area (Å²) in [5.74, 6) is 0.0912. The summed E-state index contributed by atoms with van der Waals surface area (Å²) in [6, 6.07) is 0. The summed E-state index contributed by atoms with van der Waals surface area (Å²) in [5.41, 5.74) is 1.76. The Balaban J connectivity index is 2.10. The quantitative estimate of drug-likeness (QED) is 0.809. The Morgan fingerprint density at radius 3 is 3.00 bits per heavy atom. The van der Waals surface area contributed by atoms with Crippen LogP contribution in [0.1, 0.15) is 37.6 Å². The van der Waals surface area contributed by atoms with Crippen molar-refractivity contribution in [2.45, 2.75) is 46.4 Å². The van der Waals surface area contributed by atoms with Crippen LogP contribution in [0.2, 0.25) is 0 Å². The second-order valence-electron chi connectivity index (χ2n) is 5.27. The largest absolute Gasteiger partial charge is 0.474 e. The predicted octanol–water partition coefficient (Wildman–Crippen LogP) is 2.11. The number of aromatic nitrogens is 4. The fourth-order valence-corrected chi connectivity index (χ4v) is 2.52. The lowest BCUT2D eigenvalue weighted by molar-refractivity contribution is 0.0515. The third-order valence-corrected chi connectivity index (χ3v) is 3.68. The van der Waals surface area contributed by atoms with Crippen molar-refractivity contribution < 1.29 is 14.3 Å². The van der Waals surface area contributed by atoms with Crippen molar-refractivity contribution in [3.8, 4) is 17.1 Å². The van der Waals surface area contributed by atoms with Crippen molar-refractivity contribution in [2.24, 2.45) is 0 Å². The molecule has 0 fully saturated rings. The molecule has 0 spiro atoms. The van der Waals surface area contributed by atoms with Gasteiger partial charge in [0, 0.05) is 31.3 Å². The maximum Gasteiger partial charge on any atom is 0.345 e. The highest BCUT2D eigenvalue weighted by Gasteiger charge is 2.31. The first kappa shape index (κ1) is 14.6. The van der Waals surface area contributed by atoms with E-state index in [0.29, 0.717) is 23.7 Å². The Hall–Kier alpha value is -2.31. The zero-order valence-electron chi connectivity index (χ0n) is 13.1. The van der Waals surface area contributed by atoms with Gasteiger partial charge in [-0.15, -0.1) is 0 Å². The molecule has 2 aromatic rings. The normalized spacial score (nSPS) is 17.0. The van der Waals surface area contributed by atoms with Crippen molar-refractivity contribution in [3.05, 3.63) is 18.0 Å². The first-order chi connectivity index (χ1) is 10.6. The van der Waals surface area contributed by atoms with Crippen molar-refractivity contribution in [2.75, 3.05) is 6.61 Å². The van der Waals surface area contributed by atoms with Gasteiger partial charge in [0.25, 0.3) is 0 Å². The summed E-state index contributed by atoms with van der Waals surface area (Å²) in [7, 11) is 0. The predicted molar refractivity (Wildman–Crippen MR) is 79.8 cm³/mol. The van der Waals surface area contributed by atoms with Crippen LogP contribution in [0.5, 0.6) is 5.88 Å². The number of carbonyl (C=O) groups is 1. The molecule has 1 aliphatic heterocycles. The van der Waals surface area contributed by atoms with Crippen LogP contribution in [0, 0.1) is 0 Å². The van der Waals surface area contributed by atoms with Crippen LogP contribution in [0.25, 0.3) is 11.3 Å². The summed E-state index contributed by atoms with van der Waals surface area (Å²) >= 11 is 0. The lowest BCUT2D eigenvalue weighted by atomic mass is 10.1. The minimum Gasteiger partial charge on any atom is -0.474 e. The van der Waals surface area contributed by atoms with Crippen LogP contribution in [0.4, 0.5) is 0 Å². The molecule has 1 aliphatic rings. The minimum absolute atomic E-state index is 0.0589. The van der Waals surface area contributed by atoms with E-state index in [1.54, 1.807) is 22.5 Å². The number of aryl methyl sites for hydroxylation is 2. The Bertz CT molecular complexity index is 689. The summed E-state index contributed by atoms with van der Waals surface area (Å²) in [5, 5.41) is 8.80. The Morgan fingerprint density at radius 2 is 2.32 bits per heavy atom. The summed E-state index contributed by atoms with van der Waals surface area (Å²) in [4.78, 5) is 12.4. The minimum atomic E-state index is -0.405. The number of ether oxygens (including phenoxy) is 2. The van der Waals surface area contributed by atoms with E-state index in [0.717, 1.165) is 25.1 Å². The molecule has 1 atom stereocenters. The second kappa shape index (κ2) is 5.82. The molecule has 118 valence electrons. The van der Waals surface area contributed by atoms with Gasteiger partial charge >= 0.3 is 5.97 Å². The maximum atomic E-state index is 12.4. The molecule has 0 saturated heterocycles. The van der Waals surface area contributed by atoms with E-state index in [1.165, 1.54) is 0 Å². The summed E-state index contributed by atoms with van der Waals surface area (Å²) in [6.07, 6.45) is 4.51. The van der Waals surface area contributed by atoms with Gasteiger partial charge in [-0.3, -0.25) is 4.68 Å². The molecule has 7 nitrogen and oxygen atoms in total. The standard InChI is InChI=1S/C15H20N4O3/c1-4-18-9-11(8-16-18)13-12(15(20)21-5-2)14-19(17-13)7-6-10(3)22-14/h8-10H,4-7H2,1-3H3/t10-/m0/s1. The molecular weight excluding hydrogens is 284 g/mol.